The van der Waals surface area contributed by atoms with Crippen molar-refractivity contribution >= 4 is 11.8 Å². The Bertz CT molecular complexity index is 628. The number of carbonyl (C=O) groups is 2. The Balaban J connectivity index is 2.04. The predicted molar refractivity (Wildman–Crippen MR) is 89.6 cm³/mol. The molecule has 2 fully saturated rings. The molecule has 0 aromatic rings. The molecule has 3 rings (SSSR count). The Kier molecular flexibility index (Phi) is 4.37. The first-order chi connectivity index (χ1) is 11.6. The van der Waals surface area contributed by atoms with Crippen LogP contribution in [0.4, 0.5) is 0 Å². The second-order valence-corrected chi connectivity index (χ2v) is 8.01. The summed E-state index contributed by atoms with van der Waals surface area (Å²) in [4.78, 5) is 25.0. The van der Waals surface area contributed by atoms with Gasteiger partial charge in [0.15, 0.2) is 17.2 Å². The average molecular weight is 352 g/mol. The Morgan fingerprint density at radius 2 is 1.96 bits per heavy atom. The zero-order valence-electron chi connectivity index (χ0n) is 15.7. The molecule has 4 atom stereocenters. The van der Waals surface area contributed by atoms with Crippen LogP contribution in [0.5, 0.6) is 0 Å². The summed E-state index contributed by atoms with van der Waals surface area (Å²) in [6.45, 7) is 8.49. The first-order valence-corrected chi connectivity index (χ1v) is 8.93. The van der Waals surface area contributed by atoms with E-state index in [0.717, 1.165) is 18.4 Å². The molecule has 0 aromatic carbocycles. The largest absolute Gasteiger partial charge is 0.467 e. The van der Waals surface area contributed by atoms with E-state index in [1.807, 2.05) is 0 Å². The smallest absolute Gasteiger partial charge is 0.338 e. The summed E-state index contributed by atoms with van der Waals surface area (Å²) in [6.07, 6.45) is 1.82. The maximum absolute atomic E-state index is 12.9. The number of rotatable bonds is 2. The highest BCUT2D eigenvalue weighted by Crippen LogP contribution is 2.59. The van der Waals surface area contributed by atoms with Crippen LogP contribution >= 0.6 is 0 Å². The van der Waals surface area contributed by atoms with Crippen molar-refractivity contribution < 1.29 is 28.9 Å². The van der Waals surface area contributed by atoms with Gasteiger partial charge in [0, 0.05) is 12.3 Å². The minimum absolute atomic E-state index is 0.00486. The fourth-order valence-corrected chi connectivity index (χ4v) is 5.06. The van der Waals surface area contributed by atoms with Gasteiger partial charge in [-0.2, -0.15) is 0 Å². The summed E-state index contributed by atoms with van der Waals surface area (Å²) in [5, 5.41) is 10.8. The number of fused-ring (bicyclic) bond motifs is 1. The molecule has 0 aromatic heterocycles. The van der Waals surface area contributed by atoms with Crippen molar-refractivity contribution in [1.82, 2.24) is 0 Å². The first kappa shape index (κ1) is 18.5. The van der Waals surface area contributed by atoms with Gasteiger partial charge in [-0.15, -0.1) is 0 Å². The van der Waals surface area contributed by atoms with Crippen molar-refractivity contribution in [2.45, 2.75) is 58.3 Å². The number of hydrogen-bond acceptors (Lipinski definition) is 6. The van der Waals surface area contributed by atoms with Gasteiger partial charge in [-0.3, -0.25) is 4.79 Å². The predicted octanol–water partition coefficient (Wildman–Crippen LogP) is 2.00. The third-order valence-electron chi connectivity index (χ3n) is 6.85. The Labute approximate surface area is 148 Å². The third-order valence-corrected chi connectivity index (χ3v) is 6.85. The number of hydrogen-bond donors (Lipinski definition) is 1. The summed E-state index contributed by atoms with van der Waals surface area (Å²) in [7, 11) is 1.22. The van der Waals surface area contributed by atoms with Gasteiger partial charge in [0.1, 0.15) is 0 Å². The van der Waals surface area contributed by atoms with Gasteiger partial charge < -0.3 is 19.3 Å². The van der Waals surface area contributed by atoms with Crippen LogP contribution in [0.1, 0.15) is 47.0 Å². The van der Waals surface area contributed by atoms with Gasteiger partial charge in [0.2, 0.25) is 0 Å². The van der Waals surface area contributed by atoms with Crippen LogP contribution < -0.4 is 0 Å². The van der Waals surface area contributed by atoms with Crippen LogP contribution in [0.3, 0.4) is 0 Å². The van der Waals surface area contributed by atoms with E-state index in [9.17, 15) is 14.7 Å². The van der Waals surface area contributed by atoms with Crippen molar-refractivity contribution in [2.75, 3.05) is 20.3 Å². The fourth-order valence-electron chi connectivity index (χ4n) is 5.06. The van der Waals surface area contributed by atoms with Gasteiger partial charge in [-0.05, 0) is 37.7 Å². The van der Waals surface area contributed by atoms with Crippen molar-refractivity contribution in [3.63, 3.8) is 0 Å². The number of carbonyl (C=O) groups excluding carboxylic acids is 2. The summed E-state index contributed by atoms with van der Waals surface area (Å²) in [5.74, 6) is -2.42. The Hall–Kier alpha value is -1.24. The number of ether oxygens (including phenoxy) is 3. The maximum atomic E-state index is 12.9. The number of methoxy groups -OCH3 is 1. The van der Waals surface area contributed by atoms with Gasteiger partial charge in [0.25, 0.3) is 0 Å². The number of allylic oxidation sites excluding steroid dienone is 2. The van der Waals surface area contributed by atoms with Gasteiger partial charge in [-0.1, -0.05) is 19.4 Å². The van der Waals surface area contributed by atoms with Crippen LogP contribution in [-0.4, -0.2) is 48.6 Å². The molecule has 1 heterocycles. The van der Waals surface area contributed by atoms with E-state index in [1.165, 1.54) is 14.0 Å². The molecule has 1 spiro atoms. The second kappa shape index (κ2) is 5.89. The molecule has 2 aliphatic carbocycles. The Morgan fingerprint density at radius 3 is 2.52 bits per heavy atom. The fraction of sp³-hybridized carbons (Fsp3) is 0.789. The Morgan fingerprint density at radius 1 is 1.36 bits per heavy atom. The van der Waals surface area contributed by atoms with E-state index in [-0.39, 0.29) is 17.1 Å². The number of esters is 1. The lowest BCUT2D eigenvalue weighted by atomic mass is 9.53. The van der Waals surface area contributed by atoms with Crippen LogP contribution in [-0.2, 0) is 23.8 Å². The van der Waals surface area contributed by atoms with E-state index >= 15 is 0 Å². The summed E-state index contributed by atoms with van der Waals surface area (Å²) in [5.41, 5.74) is -0.485. The summed E-state index contributed by atoms with van der Waals surface area (Å²) in [6, 6.07) is 0. The minimum atomic E-state index is -1.86. The molecular formula is C19H28O6. The third kappa shape index (κ3) is 2.49. The number of ketones is 1. The van der Waals surface area contributed by atoms with Crippen LogP contribution in [0, 0.1) is 17.3 Å². The molecule has 1 saturated heterocycles. The van der Waals surface area contributed by atoms with Gasteiger partial charge in [-0.25, -0.2) is 4.79 Å². The quantitative estimate of drug-likeness (QED) is 0.766. The summed E-state index contributed by atoms with van der Waals surface area (Å²) >= 11 is 0. The lowest BCUT2D eigenvalue weighted by Crippen LogP contribution is -2.57. The van der Waals surface area contributed by atoms with Crippen LogP contribution in [0.25, 0.3) is 0 Å². The van der Waals surface area contributed by atoms with Crippen molar-refractivity contribution in [1.29, 1.82) is 0 Å². The number of aliphatic hydroxyl groups is 1. The zero-order chi connectivity index (χ0) is 18.6. The standard InChI is InChI=1S/C19H28O6/c1-11-13-6-7-19(24-8-9-25-19)12(2)17(13,3)10-14(15(11)20)18(4,22)16(21)23-5/h12,14,22H,6-10H2,1-5H3/t12-,14-,17-,18?/m1/s1. The lowest BCUT2D eigenvalue weighted by Gasteiger charge is -2.54. The summed E-state index contributed by atoms with van der Waals surface area (Å²) < 4.78 is 16.7. The molecule has 140 valence electrons. The maximum Gasteiger partial charge on any atom is 0.338 e. The second-order valence-electron chi connectivity index (χ2n) is 8.01. The molecule has 1 N–H and O–H groups in total. The first-order valence-electron chi connectivity index (χ1n) is 8.93. The molecule has 1 unspecified atom stereocenters. The molecule has 0 radical (unpaired) electrons. The average Bonchev–Trinajstić information content (AvgIpc) is 3.04. The molecule has 3 aliphatic rings. The SMILES string of the molecule is COC(=O)C(C)(O)[C@@H]1C[C@@]2(C)C(=C(C)C1=O)CCC1(OCCO1)[C@@H]2C. The molecule has 1 aliphatic heterocycles. The highest BCUT2D eigenvalue weighted by atomic mass is 16.7. The topological polar surface area (TPSA) is 82.1 Å². The van der Waals surface area contributed by atoms with Crippen LogP contribution in [0.15, 0.2) is 11.1 Å². The van der Waals surface area contributed by atoms with Gasteiger partial charge >= 0.3 is 5.97 Å². The van der Waals surface area contributed by atoms with E-state index in [1.54, 1.807) is 6.92 Å². The van der Waals surface area contributed by atoms with E-state index in [0.29, 0.717) is 25.2 Å². The molecule has 1 saturated carbocycles. The van der Waals surface area contributed by atoms with Crippen molar-refractivity contribution in [3.8, 4) is 0 Å². The highest BCUT2D eigenvalue weighted by molar-refractivity contribution is 6.02. The van der Waals surface area contributed by atoms with E-state index in [4.69, 9.17) is 14.2 Å². The highest BCUT2D eigenvalue weighted by Gasteiger charge is 2.60. The minimum Gasteiger partial charge on any atom is -0.467 e. The molecular weight excluding hydrogens is 324 g/mol. The van der Waals surface area contributed by atoms with Gasteiger partial charge in [0.05, 0.1) is 26.2 Å². The monoisotopic (exact) mass is 352 g/mol. The molecule has 0 bridgehead atoms. The van der Waals surface area contributed by atoms with E-state index in [2.05, 4.69) is 13.8 Å². The molecule has 6 heteroatoms. The normalized spacial score (nSPS) is 37.0. The lowest BCUT2D eigenvalue weighted by molar-refractivity contribution is -0.231. The van der Waals surface area contributed by atoms with E-state index < -0.39 is 23.3 Å². The van der Waals surface area contributed by atoms with Crippen molar-refractivity contribution in [3.05, 3.63) is 11.1 Å². The van der Waals surface area contributed by atoms with Crippen molar-refractivity contribution in [2.24, 2.45) is 17.3 Å². The molecule has 25 heavy (non-hydrogen) atoms. The molecule has 6 nitrogen and oxygen atoms in total. The molecule has 0 amide bonds. The zero-order valence-corrected chi connectivity index (χ0v) is 15.7. The van der Waals surface area contributed by atoms with Crippen LogP contribution in [0.2, 0.25) is 0 Å². The number of Topliss-reactive ketones (excluding diaryl/α,β-unsaturated/α-hetero) is 1.